The molecule has 2 nitrogen and oxygen atoms in total. The Balaban J connectivity index is 2.77. The smallest absolute Gasteiger partial charge is 0.223 e. The van der Waals surface area contributed by atoms with Crippen LogP contribution in [-0.4, -0.2) is 5.91 Å². The third-order valence-electron chi connectivity index (χ3n) is 2.33. The Morgan fingerprint density at radius 2 is 1.81 bits per heavy atom. The monoisotopic (exact) mass is 259 g/mol. The van der Waals surface area contributed by atoms with Gasteiger partial charge in [0.2, 0.25) is 5.91 Å². The fraction of sp³-hybridized carbons (Fsp3) is 0.417. The number of benzene rings is 1. The lowest BCUT2D eigenvalue weighted by Crippen LogP contribution is -2.30. The number of rotatable bonds is 3. The molecule has 0 aliphatic heterocycles. The number of hydrogen-bond donors (Lipinski definition) is 1. The van der Waals surface area contributed by atoms with Crippen LogP contribution in [0.15, 0.2) is 18.2 Å². The molecule has 0 spiro atoms. The first-order valence-corrected chi connectivity index (χ1v) is 5.92. The average Bonchev–Trinajstić information content (AvgIpc) is 2.21. The Hall–Kier alpha value is -0.730. The highest BCUT2D eigenvalue weighted by Gasteiger charge is 2.13. The summed E-state index contributed by atoms with van der Waals surface area (Å²) in [5.41, 5.74) is 0.948. The number of hydrogen-bond acceptors (Lipinski definition) is 1. The maximum Gasteiger partial charge on any atom is 0.223 e. The van der Waals surface area contributed by atoms with E-state index in [2.05, 4.69) is 5.32 Å². The van der Waals surface area contributed by atoms with Gasteiger partial charge in [-0.2, -0.15) is 0 Å². The van der Waals surface area contributed by atoms with E-state index >= 15 is 0 Å². The van der Waals surface area contributed by atoms with Crippen molar-refractivity contribution >= 4 is 29.1 Å². The van der Waals surface area contributed by atoms with Gasteiger partial charge in [0.1, 0.15) is 0 Å². The second kappa shape index (κ2) is 5.55. The van der Waals surface area contributed by atoms with E-state index in [0.29, 0.717) is 10.0 Å². The highest BCUT2D eigenvalue weighted by Crippen LogP contribution is 2.25. The number of carbonyl (C=O) groups excluding carboxylic acids is 1. The molecule has 1 N–H and O–H groups in total. The fourth-order valence-electron chi connectivity index (χ4n) is 1.25. The summed E-state index contributed by atoms with van der Waals surface area (Å²) in [5.74, 6) is 0.00351. The molecule has 1 atom stereocenters. The molecule has 0 aliphatic rings. The number of halogens is 2. The minimum absolute atomic E-state index is 0.0229. The van der Waals surface area contributed by atoms with Crippen LogP contribution in [0.5, 0.6) is 0 Å². The highest BCUT2D eigenvalue weighted by molar-refractivity contribution is 6.42. The molecule has 0 aromatic heterocycles. The highest BCUT2D eigenvalue weighted by atomic mass is 35.5. The van der Waals surface area contributed by atoms with Gasteiger partial charge >= 0.3 is 0 Å². The first-order chi connectivity index (χ1) is 7.41. The number of amides is 1. The van der Waals surface area contributed by atoms with Gasteiger partial charge in [-0.3, -0.25) is 4.79 Å². The van der Waals surface area contributed by atoms with Crippen LogP contribution in [-0.2, 0) is 4.79 Å². The third-order valence-corrected chi connectivity index (χ3v) is 3.07. The molecule has 0 fully saturated rings. The zero-order valence-corrected chi connectivity index (χ0v) is 11.1. The van der Waals surface area contributed by atoms with Crippen molar-refractivity contribution in [1.29, 1.82) is 0 Å². The van der Waals surface area contributed by atoms with E-state index in [1.807, 2.05) is 26.8 Å². The summed E-state index contributed by atoms with van der Waals surface area (Å²) in [6, 6.07) is 5.30. The molecule has 1 amide bonds. The predicted molar refractivity (Wildman–Crippen MR) is 67.9 cm³/mol. The lowest BCUT2D eigenvalue weighted by atomic mass is 10.1. The van der Waals surface area contributed by atoms with E-state index < -0.39 is 0 Å². The van der Waals surface area contributed by atoms with Crippen molar-refractivity contribution in [3.63, 3.8) is 0 Å². The van der Waals surface area contributed by atoms with E-state index in [9.17, 15) is 4.79 Å². The number of nitrogens with one attached hydrogen (secondary N) is 1. The molecule has 0 saturated heterocycles. The van der Waals surface area contributed by atoms with Gasteiger partial charge in [0.25, 0.3) is 0 Å². The van der Waals surface area contributed by atoms with Gasteiger partial charge in [-0.05, 0) is 24.6 Å². The summed E-state index contributed by atoms with van der Waals surface area (Å²) in [6.45, 7) is 5.63. The van der Waals surface area contributed by atoms with Crippen LogP contribution in [0.25, 0.3) is 0 Å². The zero-order chi connectivity index (χ0) is 12.3. The molecule has 0 heterocycles. The summed E-state index contributed by atoms with van der Waals surface area (Å²) >= 11 is 11.7. The van der Waals surface area contributed by atoms with Crippen LogP contribution in [0.2, 0.25) is 10.0 Å². The maximum absolute atomic E-state index is 11.5. The van der Waals surface area contributed by atoms with Crippen LogP contribution < -0.4 is 5.32 Å². The van der Waals surface area contributed by atoms with E-state index in [1.165, 1.54) is 0 Å². The van der Waals surface area contributed by atoms with Gasteiger partial charge < -0.3 is 5.32 Å². The molecule has 0 aliphatic carbocycles. The summed E-state index contributed by atoms with van der Waals surface area (Å²) in [6.07, 6.45) is 0. The Kier molecular flexibility index (Phi) is 4.63. The van der Waals surface area contributed by atoms with E-state index in [-0.39, 0.29) is 17.9 Å². The standard InChI is InChI=1S/C12H15Cl2NO/c1-7(2)12(16)15-8(3)9-4-5-10(13)11(14)6-9/h4-8H,1-3H3,(H,15,16)/t8-/m0/s1. The molecule has 0 radical (unpaired) electrons. The van der Waals surface area contributed by atoms with Crippen molar-refractivity contribution in [3.8, 4) is 0 Å². The minimum Gasteiger partial charge on any atom is -0.349 e. The van der Waals surface area contributed by atoms with Gasteiger partial charge in [0, 0.05) is 5.92 Å². The van der Waals surface area contributed by atoms with Crippen molar-refractivity contribution in [2.75, 3.05) is 0 Å². The maximum atomic E-state index is 11.5. The molecule has 1 rings (SSSR count). The molecular weight excluding hydrogens is 245 g/mol. The largest absolute Gasteiger partial charge is 0.349 e. The minimum atomic E-state index is -0.0651. The molecule has 1 aromatic rings. The van der Waals surface area contributed by atoms with Crippen molar-refractivity contribution in [2.24, 2.45) is 5.92 Å². The first kappa shape index (κ1) is 13.3. The van der Waals surface area contributed by atoms with Crippen LogP contribution in [0.3, 0.4) is 0 Å². The average molecular weight is 260 g/mol. The normalized spacial score (nSPS) is 12.6. The zero-order valence-electron chi connectivity index (χ0n) is 9.55. The molecule has 88 valence electrons. The lowest BCUT2D eigenvalue weighted by Gasteiger charge is -2.16. The topological polar surface area (TPSA) is 29.1 Å². The number of carbonyl (C=O) groups is 1. The molecule has 0 saturated carbocycles. The molecular formula is C12H15Cl2NO. The van der Waals surface area contributed by atoms with Crippen molar-refractivity contribution in [2.45, 2.75) is 26.8 Å². The van der Waals surface area contributed by atoms with Crippen LogP contribution in [0, 0.1) is 5.92 Å². The van der Waals surface area contributed by atoms with Crippen LogP contribution in [0.4, 0.5) is 0 Å². The van der Waals surface area contributed by atoms with Crippen molar-refractivity contribution in [3.05, 3.63) is 33.8 Å². The predicted octanol–water partition coefficient (Wildman–Crippen LogP) is 3.83. The van der Waals surface area contributed by atoms with Crippen LogP contribution in [0.1, 0.15) is 32.4 Å². The first-order valence-electron chi connectivity index (χ1n) is 5.17. The molecule has 4 heteroatoms. The summed E-state index contributed by atoms with van der Waals surface area (Å²) in [5, 5.41) is 3.93. The van der Waals surface area contributed by atoms with Crippen molar-refractivity contribution < 1.29 is 4.79 Å². The van der Waals surface area contributed by atoms with E-state index in [4.69, 9.17) is 23.2 Å². The third kappa shape index (κ3) is 3.39. The fourth-order valence-corrected chi connectivity index (χ4v) is 1.55. The lowest BCUT2D eigenvalue weighted by molar-refractivity contribution is -0.124. The molecule has 1 aromatic carbocycles. The van der Waals surface area contributed by atoms with Gasteiger partial charge in [0.15, 0.2) is 0 Å². The van der Waals surface area contributed by atoms with Gasteiger partial charge in [-0.25, -0.2) is 0 Å². The van der Waals surface area contributed by atoms with Gasteiger partial charge in [-0.1, -0.05) is 43.1 Å². The summed E-state index contributed by atoms with van der Waals surface area (Å²) < 4.78 is 0. The Labute approximate surface area is 106 Å². The summed E-state index contributed by atoms with van der Waals surface area (Å²) in [4.78, 5) is 11.5. The van der Waals surface area contributed by atoms with Gasteiger partial charge in [-0.15, -0.1) is 0 Å². The second-order valence-corrected chi connectivity index (χ2v) is 4.87. The van der Waals surface area contributed by atoms with Gasteiger partial charge in [0.05, 0.1) is 16.1 Å². The molecule has 16 heavy (non-hydrogen) atoms. The SMILES string of the molecule is CC(C)C(=O)N[C@@H](C)c1ccc(Cl)c(Cl)c1. The summed E-state index contributed by atoms with van der Waals surface area (Å²) in [7, 11) is 0. The molecule has 0 unspecified atom stereocenters. The van der Waals surface area contributed by atoms with Crippen molar-refractivity contribution in [1.82, 2.24) is 5.32 Å². The van der Waals surface area contributed by atoms with Crippen LogP contribution >= 0.6 is 23.2 Å². The quantitative estimate of drug-likeness (QED) is 0.879. The Bertz CT molecular complexity index is 391. The second-order valence-electron chi connectivity index (χ2n) is 4.06. The Morgan fingerprint density at radius 3 is 2.31 bits per heavy atom. The van der Waals surface area contributed by atoms with E-state index in [1.54, 1.807) is 12.1 Å². The van der Waals surface area contributed by atoms with E-state index in [0.717, 1.165) is 5.56 Å². The molecule has 0 bridgehead atoms. The Morgan fingerprint density at radius 1 is 1.19 bits per heavy atom.